The van der Waals surface area contributed by atoms with Crippen LogP contribution in [0, 0.1) is 5.92 Å². The van der Waals surface area contributed by atoms with Crippen molar-refractivity contribution in [2.45, 2.75) is 13.0 Å². The van der Waals surface area contributed by atoms with Crippen molar-refractivity contribution in [3.8, 4) is 0 Å². The molecule has 1 aromatic carbocycles. The molecule has 0 N–H and O–H groups in total. The van der Waals surface area contributed by atoms with Crippen molar-refractivity contribution in [3.05, 3.63) is 59.9 Å². The Balaban J connectivity index is 1.86. The molecule has 1 aliphatic rings. The molecule has 1 unspecified atom stereocenters. The van der Waals surface area contributed by atoms with E-state index in [1.54, 1.807) is 0 Å². The van der Waals surface area contributed by atoms with Gasteiger partial charge in [0.2, 0.25) is 0 Å². The van der Waals surface area contributed by atoms with Crippen molar-refractivity contribution in [1.82, 2.24) is 0 Å². The third-order valence-electron chi connectivity index (χ3n) is 2.52. The zero-order chi connectivity index (χ0) is 11.2. The first-order valence-corrected chi connectivity index (χ1v) is 5.39. The molecule has 0 fully saturated rings. The smallest absolute Gasteiger partial charge is 0.127 e. The van der Waals surface area contributed by atoms with Crippen LogP contribution in [0.2, 0.25) is 0 Å². The van der Waals surface area contributed by atoms with Gasteiger partial charge in [0.25, 0.3) is 0 Å². The van der Waals surface area contributed by atoms with Crippen LogP contribution in [0.5, 0.6) is 0 Å². The first-order chi connectivity index (χ1) is 7.88. The Hall–Kier alpha value is -1.83. The number of aldehydes is 1. The fourth-order valence-corrected chi connectivity index (χ4v) is 1.57. The van der Waals surface area contributed by atoms with E-state index in [-0.39, 0.29) is 5.92 Å². The van der Waals surface area contributed by atoms with Crippen molar-refractivity contribution < 1.29 is 9.53 Å². The van der Waals surface area contributed by atoms with Gasteiger partial charge in [-0.15, -0.1) is 0 Å². The molecule has 1 aliphatic carbocycles. The van der Waals surface area contributed by atoms with Crippen molar-refractivity contribution in [3.63, 3.8) is 0 Å². The van der Waals surface area contributed by atoms with Crippen LogP contribution in [-0.4, -0.2) is 6.29 Å². The summed E-state index contributed by atoms with van der Waals surface area (Å²) in [7, 11) is 0. The maximum atomic E-state index is 10.5. The summed E-state index contributed by atoms with van der Waals surface area (Å²) >= 11 is 0. The SMILES string of the molecule is O=CC1C=CC(OCc2ccccc2)=CC1. The van der Waals surface area contributed by atoms with Crippen LogP contribution in [-0.2, 0) is 16.1 Å². The second-order valence-corrected chi connectivity index (χ2v) is 3.78. The predicted octanol–water partition coefficient (Wildman–Crippen LogP) is 2.86. The molecule has 0 aromatic heterocycles. The molecule has 1 atom stereocenters. The maximum absolute atomic E-state index is 10.5. The summed E-state index contributed by atoms with van der Waals surface area (Å²) in [4.78, 5) is 10.5. The predicted molar refractivity (Wildman–Crippen MR) is 62.6 cm³/mol. The number of ether oxygens (including phenoxy) is 1. The van der Waals surface area contributed by atoms with Crippen LogP contribution in [0.25, 0.3) is 0 Å². The molecule has 0 heterocycles. The monoisotopic (exact) mass is 214 g/mol. The van der Waals surface area contributed by atoms with Crippen LogP contribution in [0.4, 0.5) is 0 Å². The lowest BCUT2D eigenvalue weighted by Gasteiger charge is -2.12. The molecule has 0 radical (unpaired) electrons. The lowest BCUT2D eigenvalue weighted by molar-refractivity contribution is -0.109. The van der Waals surface area contributed by atoms with E-state index in [2.05, 4.69) is 0 Å². The molecule has 0 aliphatic heterocycles. The van der Waals surface area contributed by atoms with Crippen molar-refractivity contribution in [1.29, 1.82) is 0 Å². The van der Waals surface area contributed by atoms with Crippen LogP contribution in [0.3, 0.4) is 0 Å². The average Bonchev–Trinajstić information content (AvgIpc) is 2.38. The Morgan fingerprint density at radius 3 is 2.75 bits per heavy atom. The highest BCUT2D eigenvalue weighted by molar-refractivity contribution is 5.58. The number of rotatable bonds is 4. The molecule has 0 saturated carbocycles. The Kier molecular flexibility index (Phi) is 3.54. The molecule has 0 amide bonds. The van der Waals surface area contributed by atoms with Gasteiger partial charge in [0.1, 0.15) is 18.7 Å². The standard InChI is InChI=1S/C14H14O2/c15-10-12-6-8-14(9-7-12)16-11-13-4-2-1-3-5-13/h1-6,8-10,12H,7,11H2. The third-order valence-corrected chi connectivity index (χ3v) is 2.52. The van der Waals surface area contributed by atoms with Crippen molar-refractivity contribution in [2.24, 2.45) is 5.92 Å². The normalized spacial score (nSPS) is 19.0. The molecule has 2 nitrogen and oxygen atoms in total. The minimum absolute atomic E-state index is 0.0177. The molecule has 0 bridgehead atoms. The molecule has 16 heavy (non-hydrogen) atoms. The van der Waals surface area contributed by atoms with Gasteiger partial charge in [-0.25, -0.2) is 0 Å². The summed E-state index contributed by atoms with van der Waals surface area (Å²) in [6, 6.07) is 10.0. The number of carbonyl (C=O) groups excluding carboxylic acids is 1. The number of hydrogen-bond donors (Lipinski definition) is 0. The van der Waals surface area contributed by atoms with E-state index < -0.39 is 0 Å². The van der Waals surface area contributed by atoms with Crippen LogP contribution in [0.15, 0.2) is 54.3 Å². The molecular weight excluding hydrogens is 200 g/mol. The second kappa shape index (κ2) is 5.31. The summed E-state index contributed by atoms with van der Waals surface area (Å²) in [6.07, 6.45) is 7.41. The molecule has 2 rings (SSSR count). The largest absolute Gasteiger partial charge is 0.489 e. The van der Waals surface area contributed by atoms with Gasteiger partial charge in [-0.05, 0) is 24.1 Å². The third kappa shape index (κ3) is 2.83. The highest BCUT2D eigenvalue weighted by atomic mass is 16.5. The van der Waals surface area contributed by atoms with Gasteiger partial charge in [-0.3, -0.25) is 0 Å². The zero-order valence-electron chi connectivity index (χ0n) is 9.00. The van der Waals surface area contributed by atoms with Gasteiger partial charge < -0.3 is 9.53 Å². The number of hydrogen-bond acceptors (Lipinski definition) is 2. The van der Waals surface area contributed by atoms with E-state index >= 15 is 0 Å². The van der Waals surface area contributed by atoms with E-state index in [9.17, 15) is 4.79 Å². The molecule has 82 valence electrons. The summed E-state index contributed by atoms with van der Waals surface area (Å²) in [6.45, 7) is 0.572. The first-order valence-electron chi connectivity index (χ1n) is 5.39. The summed E-state index contributed by atoms with van der Waals surface area (Å²) in [5.41, 5.74) is 1.15. The van der Waals surface area contributed by atoms with E-state index in [1.165, 1.54) is 0 Å². The zero-order valence-corrected chi connectivity index (χ0v) is 9.00. The van der Waals surface area contributed by atoms with E-state index in [4.69, 9.17) is 4.74 Å². The number of carbonyl (C=O) groups is 1. The molecular formula is C14H14O2. The fraction of sp³-hybridized carbons (Fsp3) is 0.214. The average molecular weight is 214 g/mol. The van der Waals surface area contributed by atoms with Gasteiger partial charge in [-0.2, -0.15) is 0 Å². The minimum atomic E-state index is 0.0177. The Morgan fingerprint density at radius 1 is 1.31 bits per heavy atom. The fourth-order valence-electron chi connectivity index (χ4n) is 1.57. The van der Waals surface area contributed by atoms with Crippen LogP contribution < -0.4 is 0 Å². The lowest BCUT2D eigenvalue weighted by atomic mass is 10.0. The van der Waals surface area contributed by atoms with Gasteiger partial charge in [0, 0.05) is 5.92 Å². The summed E-state index contributed by atoms with van der Waals surface area (Å²) in [5, 5.41) is 0. The van der Waals surface area contributed by atoms with E-state index in [0.29, 0.717) is 6.61 Å². The molecule has 1 aromatic rings. The van der Waals surface area contributed by atoms with Gasteiger partial charge in [-0.1, -0.05) is 36.4 Å². The van der Waals surface area contributed by atoms with E-state index in [0.717, 1.165) is 24.0 Å². The molecule has 2 heteroatoms. The topological polar surface area (TPSA) is 26.3 Å². The first kappa shape index (κ1) is 10.7. The van der Waals surface area contributed by atoms with Crippen LogP contribution in [0.1, 0.15) is 12.0 Å². The van der Waals surface area contributed by atoms with Gasteiger partial charge >= 0.3 is 0 Å². The van der Waals surface area contributed by atoms with E-state index in [1.807, 2.05) is 48.6 Å². The minimum Gasteiger partial charge on any atom is -0.489 e. The highest BCUT2D eigenvalue weighted by Crippen LogP contribution is 2.16. The van der Waals surface area contributed by atoms with Crippen molar-refractivity contribution in [2.75, 3.05) is 0 Å². The molecule has 0 spiro atoms. The second-order valence-electron chi connectivity index (χ2n) is 3.78. The quantitative estimate of drug-likeness (QED) is 0.720. The van der Waals surface area contributed by atoms with Crippen LogP contribution >= 0.6 is 0 Å². The Morgan fingerprint density at radius 2 is 2.12 bits per heavy atom. The number of benzene rings is 1. The van der Waals surface area contributed by atoms with Gasteiger partial charge in [0.15, 0.2) is 0 Å². The van der Waals surface area contributed by atoms with Crippen molar-refractivity contribution >= 4 is 6.29 Å². The lowest BCUT2D eigenvalue weighted by Crippen LogP contribution is -2.02. The number of allylic oxidation sites excluding steroid dienone is 3. The summed E-state index contributed by atoms with van der Waals surface area (Å²) < 4.78 is 5.62. The summed E-state index contributed by atoms with van der Waals surface area (Å²) in [5.74, 6) is 0.867. The highest BCUT2D eigenvalue weighted by Gasteiger charge is 2.07. The Bertz CT molecular complexity index is 404. The molecule has 0 saturated heterocycles. The maximum Gasteiger partial charge on any atom is 0.127 e. The van der Waals surface area contributed by atoms with Gasteiger partial charge in [0.05, 0.1) is 0 Å². The Labute approximate surface area is 95.2 Å².